The smallest absolute Gasteiger partial charge is 0.232 e. The third kappa shape index (κ3) is 5.37. The molecule has 2 aliphatic rings. The van der Waals surface area contributed by atoms with Crippen molar-refractivity contribution in [1.29, 1.82) is 0 Å². The molecule has 144 valence electrons. The van der Waals surface area contributed by atoms with E-state index in [0.29, 0.717) is 12.2 Å². The lowest BCUT2D eigenvalue weighted by molar-refractivity contribution is -0.130. The molecule has 1 aromatic carbocycles. The van der Waals surface area contributed by atoms with Crippen LogP contribution in [0.2, 0.25) is 0 Å². The van der Waals surface area contributed by atoms with Crippen molar-refractivity contribution in [3.63, 3.8) is 0 Å². The van der Waals surface area contributed by atoms with Crippen LogP contribution in [0.5, 0.6) is 5.75 Å². The number of thioether (sulfide) groups is 1. The molecule has 2 saturated heterocycles. The predicted molar refractivity (Wildman–Crippen MR) is 104 cm³/mol. The van der Waals surface area contributed by atoms with Crippen LogP contribution in [0.25, 0.3) is 0 Å². The van der Waals surface area contributed by atoms with Gasteiger partial charge in [-0.3, -0.25) is 9.69 Å². The number of carbonyl (C=O) groups excluding carboxylic acids is 1. The number of ether oxygens (including phenoxy) is 1. The molecule has 0 aromatic heterocycles. The third-order valence-corrected chi connectivity index (χ3v) is 8.19. The Morgan fingerprint density at radius 2 is 1.88 bits per heavy atom. The summed E-state index contributed by atoms with van der Waals surface area (Å²) in [6.07, 6.45) is 0.677. The molecule has 1 amide bonds. The maximum absolute atomic E-state index is 12.4. The number of piperazine rings is 1. The number of amides is 1. The van der Waals surface area contributed by atoms with Gasteiger partial charge in [0.15, 0.2) is 9.84 Å². The minimum absolute atomic E-state index is 0.0836. The van der Waals surface area contributed by atoms with Gasteiger partial charge in [0, 0.05) is 38.0 Å². The topological polar surface area (TPSA) is 66.9 Å². The van der Waals surface area contributed by atoms with Crippen LogP contribution < -0.4 is 4.74 Å². The average Bonchev–Trinajstić information content (AvgIpc) is 3.00. The van der Waals surface area contributed by atoms with E-state index in [9.17, 15) is 13.2 Å². The van der Waals surface area contributed by atoms with Gasteiger partial charge in [0.1, 0.15) is 5.75 Å². The molecule has 8 heteroatoms. The Balaban J connectivity index is 1.39. The second-order valence-electron chi connectivity index (χ2n) is 6.84. The van der Waals surface area contributed by atoms with Crippen LogP contribution in [-0.2, 0) is 21.2 Å². The van der Waals surface area contributed by atoms with E-state index < -0.39 is 9.84 Å². The van der Waals surface area contributed by atoms with Gasteiger partial charge in [-0.2, -0.15) is 0 Å². The van der Waals surface area contributed by atoms with Gasteiger partial charge in [0.05, 0.1) is 24.4 Å². The summed E-state index contributed by atoms with van der Waals surface area (Å²) in [5.41, 5.74) is 1.24. The summed E-state index contributed by atoms with van der Waals surface area (Å²) in [6.45, 7) is 4.07. The van der Waals surface area contributed by atoms with Crippen molar-refractivity contribution in [2.24, 2.45) is 0 Å². The number of hydrogen-bond donors (Lipinski definition) is 0. The van der Waals surface area contributed by atoms with Crippen molar-refractivity contribution in [3.05, 3.63) is 29.8 Å². The first-order valence-corrected chi connectivity index (χ1v) is 11.8. The molecule has 0 aliphatic carbocycles. The lowest BCUT2D eigenvalue weighted by atomic mass is 10.2. The van der Waals surface area contributed by atoms with Crippen molar-refractivity contribution >= 4 is 27.5 Å². The van der Waals surface area contributed by atoms with E-state index in [-0.39, 0.29) is 22.7 Å². The molecule has 1 aromatic rings. The van der Waals surface area contributed by atoms with Gasteiger partial charge in [-0.1, -0.05) is 12.1 Å². The summed E-state index contributed by atoms with van der Waals surface area (Å²) < 4.78 is 28.2. The van der Waals surface area contributed by atoms with Crippen molar-refractivity contribution in [2.45, 2.75) is 18.2 Å². The number of hydrogen-bond acceptors (Lipinski definition) is 6. The Labute approximate surface area is 159 Å². The van der Waals surface area contributed by atoms with E-state index in [0.717, 1.165) is 38.5 Å². The molecule has 1 atom stereocenters. The van der Waals surface area contributed by atoms with E-state index >= 15 is 0 Å². The summed E-state index contributed by atoms with van der Waals surface area (Å²) in [4.78, 5) is 16.6. The minimum Gasteiger partial charge on any atom is -0.497 e. The molecule has 0 radical (unpaired) electrons. The van der Waals surface area contributed by atoms with Crippen molar-refractivity contribution < 1.29 is 17.9 Å². The minimum atomic E-state index is -2.87. The van der Waals surface area contributed by atoms with Crippen molar-refractivity contribution in [3.8, 4) is 5.75 Å². The molecule has 6 nitrogen and oxygen atoms in total. The van der Waals surface area contributed by atoms with Crippen LogP contribution in [0, 0.1) is 0 Å². The Morgan fingerprint density at radius 3 is 2.46 bits per heavy atom. The van der Waals surface area contributed by atoms with Crippen LogP contribution in [0.1, 0.15) is 12.0 Å². The molecular weight excluding hydrogens is 372 g/mol. The Kier molecular flexibility index (Phi) is 6.47. The van der Waals surface area contributed by atoms with Crippen LogP contribution in [-0.4, -0.2) is 79.9 Å². The van der Waals surface area contributed by atoms with Crippen molar-refractivity contribution in [2.75, 3.05) is 50.5 Å². The fraction of sp³-hybridized carbons (Fsp3) is 0.611. The highest BCUT2D eigenvalue weighted by atomic mass is 32.2. The lowest BCUT2D eigenvalue weighted by Crippen LogP contribution is -2.48. The molecule has 3 rings (SSSR count). The highest BCUT2D eigenvalue weighted by Gasteiger charge is 2.29. The lowest BCUT2D eigenvalue weighted by Gasteiger charge is -2.35. The first-order chi connectivity index (χ1) is 12.4. The second-order valence-corrected chi connectivity index (χ2v) is 10.4. The molecule has 26 heavy (non-hydrogen) atoms. The van der Waals surface area contributed by atoms with E-state index in [1.54, 1.807) is 7.11 Å². The fourth-order valence-corrected chi connectivity index (χ4v) is 6.86. The van der Waals surface area contributed by atoms with Gasteiger partial charge in [0.2, 0.25) is 5.91 Å². The summed E-state index contributed by atoms with van der Waals surface area (Å²) in [6, 6.07) is 8.08. The first kappa shape index (κ1) is 19.5. The summed E-state index contributed by atoms with van der Waals surface area (Å²) in [5, 5.41) is 0.0836. The van der Waals surface area contributed by atoms with Gasteiger partial charge >= 0.3 is 0 Å². The van der Waals surface area contributed by atoms with Crippen LogP contribution in [0.15, 0.2) is 24.3 Å². The molecular formula is C18H26N2O4S2. The average molecular weight is 399 g/mol. The normalized spacial score (nSPS) is 23.1. The van der Waals surface area contributed by atoms with Crippen molar-refractivity contribution in [1.82, 2.24) is 9.80 Å². The van der Waals surface area contributed by atoms with E-state index in [4.69, 9.17) is 4.74 Å². The van der Waals surface area contributed by atoms with E-state index in [1.807, 2.05) is 17.0 Å². The first-order valence-electron chi connectivity index (χ1n) is 8.90. The zero-order valence-electron chi connectivity index (χ0n) is 15.1. The highest BCUT2D eigenvalue weighted by molar-refractivity contribution is 8.02. The Bertz CT molecular complexity index is 713. The number of sulfone groups is 1. The van der Waals surface area contributed by atoms with Crippen LogP contribution in [0.4, 0.5) is 0 Å². The quantitative estimate of drug-likeness (QED) is 0.719. The second kappa shape index (κ2) is 8.63. The maximum atomic E-state index is 12.4. The molecule has 2 fully saturated rings. The summed E-state index contributed by atoms with van der Waals surface area (Å²) in [5.74, 6) is 1.86. The molecule has 0 unspecified atom stereocenters. The predicted octanol–water partition coefficient (Wildman–Crippen LogP) is 1.26. The zero-order chi connectivity index (χ0) is 18.6. The zero-order valence-corrected chi connectivity index (χ0v) is 16.7. The molecule has 0 spiro atoms. The Morgan fingerprint density at radius 1 is 1.19 bits per heavy atom. The number of methoxy groups -OCH3 is 1. The summed E-state index contributed by atoms with van der Waals surface area (Å²) >= 11 is 1.50. The molecule has 2 aliphatic heterocycles. The van der Waals surface area contributed by atoms with Gasteiger partial charge in [-0.15, -0.1) is 11.8 Å². The number of benzene rings is 1. The summed E-state index contributed by atoms with van der Waals surface area (Å²) in [7, 11) is -1.21. The van der Waals surface area contributed by atoms with Gasteiger partial charge in [0.25, 0.3) is 0 Å². The third-order valence-electron chi connectivity index (χ3n) is 4.92. The number of rotatable bonds is 6. The SMILES string of the molecule is COc1ccc(CN2CCN(C(=O)CS[C@H]3CCS(=O)(=O)C3)CC2)cc1. The molecule has 0 saturated carbocycles. The van der Waals surface area contributed by atoms with Gasteiger partial charge in [-0.25, -0.2) is 8.42 Å². The van der Waals surface area contributed by atoms with E-state index in [2.05, 4.69) is 17.0 Å². The number of nitrogens with zero attached hydrogens (tertiary/aromatic N) is 2. The fourth-order valence-electron chi connectivity index (χ4n) is 3.32. The standard InChI is InChI=1S/C18H26N2O4S2/c1-24-16-4-2-15(3-5-16)12-19-7-9-20(10-8-19)18(21)13-25-17-6-11-26(22,23)14-17/h2-5,17H,6-14H2,1H3/t17-/m0/s1. The van der Waals surface area contributed by atoms with Gasteiger partial charge in [-0.05, 0) is 24.1 Å². The molecule has 0 N–H and O–H groups in total. The van der Waals surface area contributed by atoms with Crippen LogP contribution >= 0.6 is 11.8 Å². The largest absolute Gasteiger partial charge is 0.497 e. The maximum Gasteiger partial charge on any atom is 0.232 e. The Hall–Kier alpha value is -1.25. The molecule has 2 heterocycles. The number of carbonyl (C=O) groups is 1. The van der Waals surface area contributed by atoms with Crippen LogP contribution in [0.3, 0.4) is 0 Å². The monoisotopic (exact) mass is 398 g/mol. The molecule has 0 bridgehead atoms. The highest BCUT2D eigenvalue weighted by Crippen LogP contribution is 2.24. The van der Waals surface area contributed by atoms with E-state index in [1.165, 1.54) is 17.3 Å². The van der Waals surface area contributed by atoms with Gasteiger partial charge < -0.3 is 9.64 Å².